The highest BCUT2D eigenvalue weighted by Crippen LogP contribution is 2.49. The molecule has 1 N–H and O–H groups in total. The molecule has 1 saturated heterocycles. The highest BCUT2D eigenvalue weighted by atomic mass is 35.5. The average molecular weight is 395 g/mol. The van der Waals surface area contributed by atoms with Crippen molar-refractivity contribution in [3.8, 4) is 11.5 Å². The molecular formula is C20H27ClN2O4. The van der Waals surface area contributed by atoms with Gasteiger partial charge in [-0.25, -0.2) is 0 Å². The molecule has 2 aliphatic rings. The molecule has 1 aliphatic carbocycles. The van der Waals surface area contributed by atoms with Crippen LogP contribution in [0.1, 0.15) is 45.4 Å². The third-order valence-corrected chi connectivity index (χ3v) is 5.97. The number of anilines is 1. The van der Waals surface area contributed by atoms with Gasteiger partial charge in [0.2, 0.25) is 11.8 Å². The number of hydrogen-bond acceptors (Lipinski definition) is 4. The van der Waals surface area contributed by atoms with Gasteiger partial charge in [-0.05, 0) is 38.5 Å². The molecule has 6 nitrogen and oxygen atoms in total. The molecule has 27 heavy (non-hydrogen) atoms. The molecule has 148 valence electrons. The minimum Gasteiger partial charge on any atom is -0.495 e. The average Bonchev–Trinajstić information content (AvgIpc) is 3.50. The lowest BCUT2D eigenvalue weighted by molar-refractivity contribution is -0.145. The Bertz CT molecular complexity index is 733. The predicted molar refractivity (Wildman–Crippen MR) is 104 cm³/mol. The van der Waals surface area contributed by atoms with Crippen molar-refractivity contribution >= 4 is 29.1 Å². The van der Waals surface area contributed by atoms with Gasteiger partial charge < -0.3 is 19.7 Å². The summed E-state index contributed by atoms with van der Waals surface area (Å²) in [5.74, 6) is 0.551. The Hall–Kier alpha value is -1.95. The van der Waals surface area contributed by atoms with Crippen LogP contribution in [-0.2, 0) is 9.59 Å². The summed E-state index contributed by atoms with van der Waals surface area (Å²) in [6.07, 6.45) is 5.24. The van der Waals surface area contributed by atoms with Gasteiger partial charge in [0.05, 0.1) is 24.9 Å². The zero-order valence-electron chi connectivity index (χ0n) is 16.1. The first-order valence-corrected chi connectivity index (χ1v) is 9.88. The fourth-order valence-electron chi connectivity index (χ4n) is 3.83. The largest absolute Gasteiger partial charge is 0.495 e. The maximum Gasteiger partial charge on any atom is 0.240 e. The van der Waals surface area contributed by atoms with Crippen molar-refractivity contribution in [3.63, 3.8) is 0 Å². The van der Waals surface area contributed by atoms with E-state index in [1.54, 1.807) is 12.1 Å². The molecule has 1 aliphatic heterocycles. The highest BCUT2D eigenvalue weighted by Gasteiger charge is 2.58. The van der Waals surface area contributed by atoms with Crippen molar-refractivity contribution in [3.05, 3.63) is 17.2 Å². The van der Waals surface area contributed by atoms with Crippen LogP contribution in [0.4, 0.5) is 5.69 Å². The zero-order chi connectivity index (χ0) is 19.6. The molecule has 0 bridgehead atoms. The molecule has 3 rings (SSSR count). The minimum atomic E-state index is -0.956. The lowest BCUT2D eigenvalue weighted by Gasteiger charge is -2.37. The van der Waals surface area contributed by atoms with Crippen LogP contribution in [0.25, 0.3) is 0 Å². The standard InChI is InChI=1S/C20H27ClN2O4/c1-4-13-7-5-6-10-23(13)19(25)20(8-9-20)18(24)22-15-12-16(26-2)14(21)11-17(15)27-3/h11-13H,4-10H2,1-3H3,(H,22,24). The van der Waals surface area contributed by atoms with Gasteiger partial charge in [-0.2, -0.15) is 0 Å². The van der Waals surface area contributed by atoms with Crippen LogP contribution < -0.4 is 14.8 Å². The van der Waals surface area contributed by atoms with E-state index in [-0.39, 0.29) is 17.9 Å². The molecule has 1 aromatic carbocycles. The number of amides is 2. The number of rotatable bonds is 6. The summed E-state index contributed by atoms with van der Waals surface area (Å²) in [4.78, 5) is 28.2. The topological polar surface area (TPSA) is 67.9 Å². The monoisotopic (exact) mass is 394 g/mol. The van der Waals surface area contributed by atoms with E-state index in [9.17, 15) is 9.59 Å². The van der Waals surface area contributed by atoms with E-state index < -0.39 is 5.41 Å². The van der Waals surface area contributed by atoms with Gasteiger partial charge in [0, 0.05) is 24.7 Å². The van der Waals surface area contributed by atoms with E-state index in [0.29, 0.717) is 35.1 Å². The lowest BCUT2D eigenvalue weighted by Crippen LogP contribution is -2.49. The van der Waals surface area contributed by atoms with Crippen molar-refractivity contribution < 1.29 is 19.1 Å². The van der Waals surface area contributed by atoms with E-state index in [0.717, 1.165) is 32.2 Å². The number of likely N-dealkylation sites (tertiary alicyclic amines) is 1. The Balaban J connectivity index is 1.80. The third kappa shape index (κ3) is 3.72. The number of nitrogens with zero attached hydrogens (tertiary/aromatic N) is 1. The first-order chi connectivity index (χ1) is 13.0. The van der Waals surface area contributed by atoms with Gasteiger partial charge in [0.15, 0.2) is 0 Å². The molecule has 2 amide bonds. The van der Waals surface area contributed by atoms with Crippen LogP contribution in [0.3, 0.4) is 0 Å². The van der Waals surface area contributed by atoms with Crippen molar-refractivity contribution in [1.82, 2.24) is 4.90 Å². The lowest BCUT2D eigenvalue weighted by atomic mass is 9.95. The number of carbonyl (C=O) groups excluding carboxylic acids is 2. The second-order valence-corrected chi connectivity index (χ2v) is 7.69. The smallest absolute Gasteiger partial charge is 0.240 e. The fraction of sp³-hybridized carbons (Fsp3) is 0.600. The van der Waals surface area contributed by atoms with Gasteiger partial charge in [-0.1, -0.05) is 18.5 Å². The molecule has 7 heteroatoms. The van der Waals surface area contributed by atoms with Crippen LogP contribution in [0.2, 0.25) is 5.02 Å². The van der Waals surface area contributed by atoms with E-state index in [2.05, 4.69) is 12.2 Å². The summed E-state index contributed by atoms with van der Waals surface area (Å²) >= 11 is 6.12. The van der Waals surface area contributed by atoms with Gasteiger partial charge in [0.25, 0.3) is 0 Å². The first-order valence-electron chi connectivity index (χ1n) is 9.51. The molecule has 2 fully saturated rings. The number of benzene rings is 1. The molecule has 0 spiro atoms. The van der Waals surface area contributed by atoms with E-state index in [1.807, 2.05) is 4.90 Å². The summed E-state index contributed by atoms with van der Waals surface area (Å²) < 4.78 is 10.5. The van der Waals surface area contributed by atoms with Crippen LogP contribution in [-0.4, -0.2) is 43.5 Å². The molecular weight excluding hydrogens is 368 g/mol. The van der Waals surface area contributed by atoms with Crippen molar-refractivity contribution in [2.75, 3.05) is 26.1 Å². The second kappa shape index (κ2) is 7.97. The van der Waals surface area contributed by atoms with Crippen LogP contribution >= 0.6 is 11.6 Å². The second-order valence-electron chi connectivity index (χ2n) is 7.28. The van der Waals surface area contributed by atoms with Gasteiger partial charge >= 0.3 is 0 Å². The van der Waals surface area contributed by atoms with Gasteiger partial charge in [0.1, 0.15) is 16.9 Å². The molecule has 1 unspecified atom stereocenters. The summed E-state index contributed by atoms with van der Waals surface area (Å²) in [6.45, 7) is 2.84. The molecule has 1 heterocycles. The zero-order valence-corrected chi connectivity index (χ0v) is 16.9. The number of halogens is 1. The Kier molecular flexibility index (Phi) is 5.84. The van der Waals surface area contributed by atoms with Crippen LogP contribution in [0.5, 0.6) is 11.5 Å². The normalized spacial score (nSPS) is 20.7. The molecule has 1 atom stereocenters. The number of carbonyl (C=O) groups is 2. The Morgan fingerprint density at radius 3 is 2.52 bits per heavy atom. The number of ether oxygens (including phenoxy) is 2. The summed E-state index contributed by atoms with van der Waals surface area (Å²) in [7, 11) is 3.01. The van der Waals surface area contributed by atoms with E-state index in [4.69, 9.17) is 21.1 Å². The highest BCUT2D eigenvalue weighted by molar-refractivity contribution is 6.32. The third-order valence-electron chi connectivity index (χ3n) is 5.68. The molecule has 0 aromatic heterocycles. The Morgan fingerprint density at radius 2 is 1.93 bits per heavy atom. The fourth-order valence-corrected chi connectivity index (χ4v) is 4.06. The molecule has 1 aromatic rings. The Morgan fingerprint density at radius 1 is 1.22 bits per heavy atom. The van der Waals surface area contributed by atoms with Crippen molar-refractivity contribution in [2.45, 2.75) is 51.5 Å². The van der Waals surface area contributed by atoms with Crippen LogP contribution in [0, 0.1) is 5.41 Å². The van der Waals surface area contributed by atoms with E-state index in [1.165, 1.54) is 14.2 Å². The summed E-state index contributed by atoms with van der Waals surface area (Å²) in [5, 5.41) is 3.26. The number of methoxy groups -OCH3 is 2. The molecule has 0 radical (unpaired) electrons. The first kappa shape index (κ1) is 19.8. The number of nitrogens with one attached hydrogen (secondary N) is 1. The van der Waals surface area contributed by atoms with Crippen LogP contribution in [0.15, 0.2) is 12.1 Å². The Labute approximate surface area is 165 Å². The van der Waals surface area contributed by atoms with Gasteiger partial charge in [-0.3, -0.25) is 9.59 Å². The van der Waals surface area contributed by atoms with Gasteiger partial charge in [-0.15, -0.1) is 0 Å². The number of hydrogen-bond donors (Lipinski definition) is 1. The van der Waals surface area contributed by atoms with Crippen molar-refractivity contribution in [2.24, 2.45) is 5.41 Å². The number of piperidine rings is 1. The maximum atomic E-state index is 13.2. The quantitative estimate of drug-likeness (QED) is 0.744. The van der Waals surface area contributed by atoms with E-state index >= 15 is 0 Å². The minimum absolute atomic E-state index is 0.0357. The summed E-state index contributed by atoms with van der Waals surface area (Å²) in [5.41, 5.74) is -0.503. The maximum absolute atomic E-state index is 13.2. The SMILES string of the molecule is CCC1CCCCN1C(=O)C1(C(=O)Nc2cc(OC)c(Cl)cc2OC)CC1. The predicted octanol–water partition coefficient (Wildman–Crippen LogP) is 3.87. The summed E-state index contributed by atoms with van der Waals surface area (Å²) in [6, 6.07) is 3.45. The molecule has 1 saturated carbocycles. The van der Waals surface area contributed by atoms with Crippen molar-refractivity contribution in [1.29, 1.82) is 0 Å².